The summed E-state index contributed by atoms with van der Waals surface area (Å²) in [6, 6.07) is 8.58. The Hall–Kier alpha value is -1.10. The van der Waals surface area contributed by atoms with Crippen molar-refractivity contribution >= 4 is 0 Å². The van der Waals surface area contributed by atoms with Gasteiger partial charge in [0.25, 0.3) is 0 Å². The van der Waals surface area contributed by atoms with Gasteiger partial charge in [0.15, 0.2) is 0 Å². The second kappa shape index (κ2) is 8.13. The van der Waals surface area contributed by atoms with E-state index in [-0.39, 0.29) is 0 Å². The lowest BCUT2D eigenvalue weighted by atomic mass is 9.94. The Kier molecular flexibility index (Phi) is 5.92. The lowest BCUT2D eigenvalue weighted by Crippen LogP contribution is -2.51. The number of benzene rings is 1. The van der Waals surface area contributed by atoms with Crippen molar-refractivity contribution in [3.05, 3.63) is 29.8 Å². The normalized spacial score (nSPS) is 22.9. The third-order valence-electron chi connectivity index (χ3n) is 5.41. The lowest BCUT2D eigenvalue weighted by Gasteiger charge is -2.41. The Labute approximate surface area is 140 Å². The van der Waals surface area contributed by atoms with Crippen LogP contribution in [0.3, 0.4) is 0 Å². The molecule has 1 heterocycles. The maximum atomic E-state index is 10.5. The molecule has 3 rings (SSSR count). The molecule has 1 atom stereocenters. The van der Waals surface area contributed by atoms with Crippen LogP contribution in [-0.2, 0) is 0 Å². The third-order valence-corrected chi connectivity index (χ3v) is 5.41. The van der Waals surface area contributed by atoms with Crippen LogP contribution in [0.25, 0.3) is 0 Å². The molecule has 128 valence electrons. The van der Waals surface area contributed by atoms with Crippen molar-refractivity contribution in [3.8, 4) is 5.75 Å². The van der Waals surface area contributed by atoms with E-state index < -0.39 is 6.10 Å². The monoisotopic (exact) mass is 318 g/mol. The van der Waals surface area contributed by atoms with Crippen LogP contribution >= 0.6 is 0 Å². The summed E-state index contributed by atoms with van der Waals surface area (Å²) in [5.74, 6) is 0.809. The molecule has 1 aliphatic carbocycles. The first-order chi connectivity index (χ1) is 11.3. The summed E-state index contributed by atoms with van der Waals surface area (Å²) in [5, 5.41) is 10.5. The van der Waals surface area contributed by atoms with E-state index in [1.807, 2.05) is 24.3 Å². The number of β-amino-alcohol motifs (C(OH)–C–C–N with tert-alkyl or cyclic N) is 1. The van der Waals surface area contributed by atoms with E-state index >= 15 is 0 Å². The van der Waals surface area contributed by atoms with Gasteiger partial charge in [0, 0.05) is 38.8 Å². The number of rotatable bonds is 5. The van der Waals surface area contributed by atoms with Crippen LogP contribution in [0.5, 0.6) is 5.75 Å². The van der Waals surface area contributed by atoms with Gasteiger partial charge in [-0.2, -0.15) is 0 Å². The van der Waals surface area contributed by atoms with Gasteiger partial charge in [-0.05, 0) is 30.5 Å². The van der Waals surface area contributed by atoms with Crippen LogP contribution in [0, 0.1) is 0 Å². The molecule has 1 saturated heterocycles. The minimum Gasteiger partial charge on any atom is -0.497 e. The molecule has 1 aromatic rings. The predicted molar refractivity (Wildman–Crippen MR) is 92.8 cm³/mol. The van der Waals surface area contributed by atoms with Crippen molar-refractivity contribution in [1.29, 1.82) is 0 Å². The van der Waals surface area contributed by atoms with Crippen LogP contribution in [0.4, 0.5) is 0 Å². The molecule has 0 spiro atoms. The standard InChI is InChI=1S/C19H30N2O2/c1-23-18-9-5-6-16(14-18)19(22)15-20-10-12-21(13-11-20)17-7-3-2-4-8-17/h5-6,9,14,17,19,22H,2-4,7-8,10-13,15H2,1H3/t19-/m0/s1. The van der Waals surface area contributed by atoms with Crippen molar-refractivity contribution in [3.63, 3.8) is 0 Å². The van der Waals surface area contributed by atoms with Crippen molar-refractivity contribution in [2.75, 3.05) is 39.8 Å². The molecule has 2 fully saturated rings. The molecule has 2 aliphatic rings. The topological polar surface area (TPSA) is 35.9 Å². The Morgan fingerprint density at radius 3 is 2.57 bits per heavy atom. The third kappa shape index (κ3) is 4.46. The zero-order valence-corrected chi connectivity index (χ0v) is 14.3. The van der Waals surface area contributed by atoms with Crippen molar-refractivity contribution in [2.45, 2.75) is 44.2 Å². The summed E-state index contributed by atoms with van der Waals surface area (Å²) in [7, 11) is 1.66. The number of hydrogen-bond donors (Lipinski definition) is 1. The summed E-state index contributed by atoms with van der Waals surface area (Å²) >= 11 is 0. The van der Waals surface area contributed by atoms with E-state index in [0.29, 0.717) is 6.54 Å². The molecule has 0 bridgehead atoms. The molecular weight excluding hydrogens is 288 g/mol. The summed E-state index contributed by atoms with van der Waals surface area (Å²) in [6.07, 6.45) is 6.55. The van der Waals surface area contributed by atoms with Gasteiger partial charge >= 0.3 is 0 Å². The van der Waals surface area contributed by atoms with Gasteiger partial charge in [-0.3, -0.25) is 9.80 Å². The number of aliphatic hydroxyl groups is 1. The van der Waals surface area contributed by atoms with Crippen LogP contribution in [0.2, 0.25) is 0 Å². The van der Waals surface area contributed by atoms with Gasteiger partial charge < -0.3 is 9.84 Å². The molecule has 0 amide bonds. The predicted octanol–water partition coefficient (Wildman–Crippen LogP) is 2.68. The van der Waals surface area contributed by atoms with Crippen molar-refractivity contribution in [1.82, 2.24) is 9.80 Å². The molecule has 0 radical (unpaired) electrons. The summed E-state index contributed by atoms with van der Waals surface area (Å²) < 4.78 is 5.24. The Balaban J connectivity index is 1.47. The molecule has 1 saturated carbocycles. The Bertz CT molecular complexity index is 480. The Morgan fingerprint density at radius 2 is 1.87 bits per heavy atom. The zero-order chi connectivity index (χ0) is 16.1. The van der Waals surface area contributed by atoms with E-state index in [9.17, 15) is 5.11 Å². The van der Waals surface area contributed by atoms with E-state index in [1.165, 1.54) is 32.1 Å². The molecular formula is C19H30N2O2. The van der Waals surface area contributed by atoms with Gasteiger partial charge in [-0.25, -0.2) is 0 Å². The second-order valence-corrected chi connectivity index (χ2v) is 6.92. The fourth-order valence-electron chi connectivity index (χ4n) is 3.96. The SMILES string of the molecule is COc1cccc([C@@H](O)CN2CCN(C3CCCCC3)CC2)c1. The fraction of sp³-hybridized carbons (Fsp3) is 0.684. The molecule has 23 heavy (non-hydrogen) atoms. The van der Waals surface area contributed by atoms with Gasteiger partial charge in [-0.15, -0.1) is 0 Å². The number of hydrogen-bond acceptors (Lipinski definition) is 4. The summed E-state index contributed by atoms with van der Waals surface area (Å²) in [4.78, 5) is 5.07. The smallest absolute Gasteiger partial charge is 0.119 e. The lowest BCUT2D eigenvalue weighted by molar-refractivity contribution is 0.0474. The average molecular weight is 318 g/mol. The molecule has 1 aromatic carbocycles. The van der Waals surface area contributed by atoms with E-state index in [4.69, 9.17) is 4.74 Å². The Morgan fingerprint density at radius 1 is 1.13 bits per heavy atom. The first-order valence-electron chi connectivity index (χ1n) is 9.04. The number of piperazine rings is 1. The highest BCUT2D eigenvalue weighted by Gasteiger charge is 2.26. The van der Waals surface area contributed by atoms with Crippen LogP contribution in [-0.4, -0.2) is 60.8 Å². The number of methoxy groups -OCH3 is 1. The maximum absolute atomic E-state index is 10.5. The van der Waals surface area contributed by atoms with Crippen molar-refractivity contribution in [2.24, 2.45) is 0 Å². The maximum Gasteiger partial charge on any atom is 0.119 e. The number of aliphatic hydroxyl groups excluding tert-OH is 1. The van der Waals surface area contributed by atoms with Crippen LogP contribution in [0.1, 0.15) is 43.8 Å². The minimum atomic E-state index is -0.439. The van der Waals surface area contributed by atoms with Crippen molar-refractivity contribution < 1.29 is 9.84 Å². The van der Waals surface area contributed by atoms with E-state index in [2.05, 4.69) is 9.80 Å². The average Bonchev–Trinajstić information content (AvgIpc) is 2.63. The van der Waals surface area contributed by atoms with Crippen LogP contribution in [0.15, 0.2) is 24.3 Å². The minimum absolute atomic E-state index is 0.439. The van der Waals surface area contributed by atoms with E-state index in [1.54, 1.807) is 7.11 Å². The molecule has 0 unspecified atom stereocenters. The number of nitrogens with zero attached hydrogens (tertiary/aromatic N) is 2. The quantitative estimate of drug-likeness (QED) is 0.905. The zero-order valence-electron chi connectivity index (χ0n) is 14.3. The second-order valence-electron chi connectivity index (χ2n) is 6.92. The molecule has 4 heteroatoms. The highest BCUT2D eigenvalue weighted by Crippen LogP contribution is 2.24. The largest absolute Gasteiger partial charge is 0.497 e. The molecule has 0 aromatic heterocycles. The molecule has 1 N–H and O–H groups in total. The van der Waals surface area contributed by atoms with Gasteiger partial charge in [0.05, 0.1) is 13.2 Å². The van der Waals surface area contributed by atoms with Gasteiger partial charge in [0.1, 0.15) is 5.75 Å². The van der Waals surface area contributed by atoms with Crippen LogP contribution < -0.4 is 4.74 Å². The highest BCUT2D eigenvalue weighted by atomic mass is 16.5. The molecule has 4 nitrogen and oxygen atoms in total. The summed E-state index contributed by atoms with van der Waals surface area (Å²) in [6.45, 7) is 5.14. The number of ether oxygens (including phenoxy) is 1. The molecule has 1 aliphatic heterocycles. The van der Waals surface area contributed by atoms with Gasteiger partial charge in [0.2, 0.25) is 0 Å². The van der Waals surface area contributed by atoms with E-state index in [0.717, 1.165) is 43.5 Å². The first kappa shape index (κ1) is 16.7. The van der Waals surface area contributed by atoms with Gasteiger partial charge in [-0.1, -0.05) is 31.4 Å². The highest BCUT2D eigenvalue weighted by molar-refractivity contribution is 5.29. The summed E-state index contributed by atoms with van der Waals surface area (Å²) in [5.41, 5.74) is 0.944. The fourth-order valence-corrected chi connectivity index (χ4v) is 3.96. The first-order valence-corrected chi connectivity index (χ1v) is 9.04.